The summed E-state index contributed by atoms with van der Waals surface area (Å²) < 4.78 is 0. The van der Waals surface area contributed by atoms with E-state index in [4.69, 9.17) is 0 Å². The van der Waals surface area contributed by atoms with Gasteiger partial charge in [-0.15, -0.1) is 8.19 Å². The van der Waals surface area contributed by atoms with E-state index in [0.29, 0.717) is 6.17 Å². The van der Waals surface area contributed by atoms with Crippen LogP contribution >= 0.6 is 8.19 Å². The molecule has 2 heterocycles. The number of nitrogens with zero attached hydrogens (tertiary/aromatic N) is 2. The van der Waals surface area contributed by atoms with E-state index >= 15 is 0 Å². The fourth-order valence-electron chi connectivity index (χ4n) is 3.98. The first-order valence-electron chi connectivity index (χ1n) is 7.19. The normalized spacial score (nSPS) is 34.3. The van der Waals surface area contributed by atoms with Gasteiger partial charge in [0.1, 0.15) is 0 Å². The molecular weight excluding hydrogens is 239 g/mol. The fraction of sp³-hybridized carbons (Fsp3) is 0.733. The van der Waals surface area contributed by atoms with Gasteiger partial charge in [0, 0.05) is 17.4 Å². The van der Waals surface area contributed by atoms with Crippen molar-refractivity contribution in [3.8, 4) is 0 Å². The third kappa shape index (κ3) is 1.78. The highest BCUT2D eigenvalue weighted by Gasteiger charge is 2.45. The second-order valence-electron chi connectivity index (χ2n) is 6.13. The van der Waals surface area contributed by atoms with E-state index in [1.807, 2.05) is 0 Å². The van der Waals surface area contributed by atoms with Gasteiger partial charge in [0.15, 0.2) is 0 Å². The minimum atomic E-state index is 0.560. The molecule has 3 heteroatoms. The quantitative estimate of drug-likeness (QED) is 0.765. The first-order chi connectivity index (χ1) is 8.61. The Hall–Kier alpha value is -0.300. The summed E-state index contributed by atoms with van der Waals surface area (Å²) in [4.78, 5) is 5.31. The number of aryl methyl sites for hydroxylation is 1. The van der Waals surface area contributed by atoms with Crippen LogP contribution in [0.3, 0.4) is 0 Å². The van der Waals surface area contributed by atoms with Crippen LogP contribution in [0.2, 0.25) is 0 Å². The third-order valence-electron chi connectivity index (χ3n) is 5.21. The van der Waals surface area contributed by atoms with E-state index in [9.17, 15) is 0 Å². The van der Waals surface area contributed by atoms with Crippen LogP contribution in [0.25, 0.3) is 0 Å². The monoisotopic (exact) mass is 264 g/mol. The molecule has 3 unspecified atom stereocenters. The number of hydrogen-bond donors (Lipinski definition) is 0. The molecule has 0 N–H and O–H groups in total. The molecule has 0 amide bonds. The van der Waals surface area contributed by atoms with Crippen molar-refractivity contribution in [2.45, 2.75) is 57.8 Å². The zero-order valence-electron chi connectivity index (χ0n) is 12.0. The van der Waals surface area contributed by atoms with Crippen molar-refractivity contribution < 1.29 is 0 Å². The summed E-state index contributed by atoms with van der Waals surface area (Å²) in [7, 11) is 5.59. The zero-order chi connectivity index (χ0) is 12.9. The van der Waals surface area contributed by atoms with Gasteiger partial charge in [0.25, 0.3) is 0 Å². The summed E-state index contributed by atoms with van der Waals surface area (Å²) >= 11 is 0. The van der Waals surface area contributed by atoms with Crippen LogP contribution in [0.4, 0.5) is 0 Å². The van der Waals surface area contributed by atoms with Crippen molar-refractivity contribution in [1.82, 2.24) is 9.80 Å². The van der Waals surface area contributed by atoms with E-state index in [2.05, 4.69) is 43.5 Å². The predicted octanol–water partition coefficient (Wildman–Crippen LogP) is 3.52. The Balaban J connectivity index is 1.95. The molecule has 1 aliphatic heterocycles. The van der Waals surface area contributed by atoms with Crippen molar-refractivity contribution in [3.63, 3.8) is 0 Å². The third-order valence-corrected chi connectivity index (χ3v) is 6.73. The molecule has 3 rings (SSSR count). The molecule has 1 saturated carbocycles. The zero-order valence-corrected chi connectivity index (χ0v) is 13.0. The van der Waals surface area contributed by atoms with E-state index in [1.165, 1.54) is 31.2 Å². The molecule has 1 aliphatic carbocycles. The van der Waals surface area contributed by atoms with E-state index in [1.54, 1.807) is 10.9 Å². The van der Waals surface area contributed by atoms with E-state index < -0.39 is 0 Å². The lowest BCUT2D eigenvalue weighted by Gasteiger charge is -2.29. The van der Waals surface area contributed by atoms with E-state index in [0.717, 1.165) is 20.3 Å². The minimum absolute atomic E-state index is 0.560. The Morgan fingerprint density at radius 1 is 1.06 bits per heavy atom. The summed E-state index contributed by atoms with van der Waals surface area (Å²) in [6.45, 7) is 4.57. The summed E-state index contributed by atoms with van der Waals surface area (Å²) in [5.41, 5.74) is 3.05. The molecule has 1 saturated heterocycles. The van der Waals surface area contributed by atoms with Crippen molar-refractivity contribution in [3.05, 3.63) is 22.2 Å². The molecule has 2 fully saturated rings. The van der Waals surface area contributed by atoms with Gasteiger partial charge < -0.3 is 0 Å². The summed E-state index contributed by atoms with van der Waals surface area (Å²) in [5.74, 6) is 2.42. The number of hydrogen-bond acceptors (Lipinski definition) is 2. The molecule has 3 atom stereocenters. The minimum Gasteiger partial charge on any atom is -0.282 e. The molecule has 100 valence electrons. The highest BCUT2D eigenvalue weighted by molar-refractivity contribution is 7.30. The van der Waals surface area contributed by atoms with Crippen molar-refractivity contribution in [1.29, 1.82) is 0 Å². The highest BCUT2D eigenvalue weighted by Crippen LogP contribution is 2.45. The first-order valence-corrected chi connectivity index (χ1v) is 8.27. The summed E-state index contributed by atoms with van der Waals surface area (Å²) in [6.07, 6.45) is 6.19. The molecule has 0 spiro atoms. The molecular formula is C15H25N2P. The molecule has 2 nitrogen and oxygen atoms in total. The van der Waals surface area contributed by atoms with Crippen LogP contribution in [-0.4, -0.2) is 36.0 Å². The van der Waals surface area contributed by atoms with Gasteiger partial charge in [-0.25, -0.2) is 0 Å². The summed E-state index contributed by atoms with van der Waals surface area (Å²) in [6, 6.07) is 1.58. The predicted molar refractivity (Wildman–Crippen MR) is 79.7 cm³/mol. The average Bonchev–Trinajstić information content (AvgIpc) is 2.82. The first kappa shape index (κ1) is 12.7. The maximum atomic E-state index is 2.65. The fourth-order valence-corrected chi connectivity index (χ4v) is 5.54. The van der Waals surface area contributed by atoms with Crippen LogP contribution in [0.5, 0.6) is 0 Å². The van der Waals surface area contributed by atoms with Crippen LogP contribution < -0.4 is 0 Å². The van der Waals surface area contributed by atoms with Crippen LogP contribution in [0.1, 0.15) is 48.3 Å². The largest absolute Gasteiger partial charge is 0.282 e. The Bertz CT molecular complexity index is 422. The van der Waals surface area contributed by atoms with Crippen LogP contribution in [0.15, 0.2) is 5.80 Å². The Labute approximate surface area is 112 Å². The van der Waals surface area contributed by atoms with Crippen molar-refractivity contribution >= 4 is 8.19 Å². The van der Waals surface area contributed by atoms with Gasteiger partial charge in [-0.3, -0.25) is 9.80 Å². The molecule has 1 aromatic rings. The van der Waals surface area contributed by atoms with Gasteiger partial charge in [0.2, 0.25) is 0 Å². The van der Waals surface area contributed by atoms with Gasteiger partial charge in [-0.05, 0) is 57.7 Å². The SMILES string of the molecule is Cc1c[pH]c(C2N(C)C3CCCCC3N2C)c1C. The maximum absolute atomic E-state index is 2.65. The van der Waals surface area contributed by atoms with Gasteiger partial charge >= 0.3 is 0 Å². The van der Waals surface area contributed by atoms with Gasteiger partial charge in [-0.2, -0.15) is 0 Å². The molecule has 0 bridgehead atoms. The molecule has 0 radical (unpaired) electrons. The second-order valence-corrected chi connectivity index (χ2v) is 7.25. The van der Waals surface area contributed by atoms with Gasteiger partial charge in [0.05, 0.1) is 6.17 Å². The molecule has 2 aliphatic rings. The molecule has 0 aromatic carbocycles. The Morgan fingerprint density at radius 2 is 1.61 bits per heavy atom. The lowest BCUT2D eigenvalue weighted by atomic mass is 9.91. The Morgan fingerprint density at radius 3 is 2.06 bits per heavy atom. The van der Waals surface area contributed by atoms with Crippen molar-refractivity contribution in [2.24, 2.45) is 0 Å². The topological polar surface area (TPSA) is 6.48 Å². The van der Waals surface area contributed by atoms with Gasteiger partial charge in [-0.1, -0.05) is 12.8 Å². The molecule has 1 aromatic heterocycles. The smallest absolute Gasteiger partial charge is 0.0924 e. The molecule has 18 heavy (non-hydrogen) atoms. The standard InChI is InChI=1S/C15H25N2P/c1-10-9-18-14(11(10)2)15-16(3)12-7-5-6-8-13(12)17(15)4/h9,12-13,15,18H,5-8H2,1-4H3. The number of likely N-dealkylation sites (N-methyl/N-ethyl adjacent to an activating group) is 2. The van der Waals surface area contributed by atoms with Crippen LogP contribution in [-0.2, 0) is 0 Å². The van der Waals surface area contributed by atoms with Crippen molar-refractivity contribution in [2.75, 3.05) is 14.1 Å². The summed E-state index contributed by atoms with van der Waals surface area (Å²) in [5, 5.41) is 1.67. The number of rotatable bonds is 1. The Kier molecular flexibility index (Phi) is 3.30. The lowest BCUT2D eigenvalue weighted by Crippen LogP contribution is -2.37. The lowest BCUT2D eigenvalue weighted by molar-refractivity contribution is 0.167. The average molecular weight is 264 g/mol. The van der Waals surface area contributed by atoms with Crippen LogP contribution in [0, 0.1) is 13.8 Å². The maximum Gasteiger partial charge on any atom is 0.0924 e. The highest BCUT2D eigenvalue weighted by atomic mass is 31.0. The van der Waals surface area contributed by atoms with E-state index in [-0.39, 0.29) is 0 Å². The second kappa shape index (κ2) is 4.67. The number of fused-ring (bicyclic) bond motifs is 1.